The third-order valence-electron chi connectivity index (χ3n) is 5.30. The minimum absolute atomic E-state index is 0.0552. The van der Waals surface area contributed by atoms with E-state index in [0.29, 0.717) is 13.2 Å². The Labute approximate surface area is 186 Å². The third-order valence-corrected chi connectivity index (χ3v) is 5.30. The van der Waals surface area contributed by atoms with E-state index in [9.17, 15) is 14.9 Å². The van der Waals surface area contributed by atoms with Gasteiger partial charge in [0, 0.05) is 38.4 Å². The van der Waals surface area contributed by atoms with E-state index in [-0.39, 0.29) is 29.4 Å². The zero-order valence-corrected chi connectivity index (χ0v) is 18.6. The van der Waals surface area contributed by atoms with Gasteiger partial charge in [-0.2, -0.15) is 0 Å². The van der Waals surface area contributed by atoms with Crippen molar-refractivity contribution in [2.45, 2.75) is 6.54 Å². The maximum absolute atomic E-state index is 13.2. The van der Waals surface area contributed by atoms with Crippen molar-refractivity contribution in [1.29, 1.82) is 0 Å². The summed E-state index contributed by atoms with van der Waals surface area (Å²) in [6.45, 7) is 3.35. The van der Waals surface area contributed by atoms with Gasteiger partial charge in [0.05, 0.1) is 39.5 Å². The molecule has 1 saturated heterocycles. The van der Waals surface area contributed by atoms with Gasteiger partial charge >= 0.3 is 5.69 Å². The van der Waals surface area contributed by atoms with Gasteiger partial charge in [0.2, 0.25) is 11.5 Å². The monoisotopic (exact) mass is 445 g/mol. The van der Waals surface area contributed by atoms with Gasteiger partial charge in [0.25, 0.3) is 5.91 Å². The Morgan fingerprint density at radius 1 is 1.09 bits per heavy atom. The lowest BCUT2D eigenvalue weighted by Crippen LogP contribution is -2.36. The lowest BCUT2D eigenvalue weighted by molar-refractivity contribution is -0.386. The van der Waals surface area contributed by atoms with Crippen LogP contribution in [0, 0.1) is 10.1 Å². The molecule has 10 nitrogen and oxygen atoms in total. The van der Waals surface area contributed by atoms with Crippen LogP contribution in [0.3, 0.4) is 0 Å². The van der Waals surface area contributed by atoms with E-state index in [2.05, 4.69) is 4.90 Å². The number of nitro benzene ring substituents is 1. The van der Waals surface area contributed by atoms with Crippen molar-refractivity contribution < 1.29 is 28.7 Å². The molecule has 1 aliphatic rings. The zero-order valence-electron chi connectivity index (χ0n) is 18.6. The van der Waals surface area contributed by atoms with E-state index in [1.54, 1.807) is 7.05 Å². The summed E-state index contributed by atoms with van der Waals surface area (Å²) >= 11 is 0. The van der Waals surface area contributed by atoms with Gasteiger partial charge in [-0.15, -0.1) is 0 Å². The number of rotatable bonds is 8. The minimum Gasteiger partial charge on any atom is -0.493 e. The zero-order chi connectivity index (χ0) is 23.3. The molecule has 2 aromatic carbocycles. The second kappa shape index (κ2) is 10.2. The molecule has 3 rings (SSSR count). The van der Waals surface area contributed by atoms with Gasteiger partial charge in [-0.25, -0.2) is 0 Å². The molecule has 0 radical (unpaired) electrons. The summed E-state index contributed by atoms with van der Waals surface area (Å²) in [5.41, 5.74) is 1.38. The number of benzene rings is 2. The van der Waals surface area contributed by atoms with Crippen molar-refractivity contribution in [3.63, 3.8) is 0 Å². The van der Waals surface area contributed by atoms with Gasteiger partial charge in [0.15, 0.2) is 5.75 Å². The molecule has 10 heteroatoms. The lowest BCUT2D eigenvalue weighted by Gasteiger charge is -2.29. The van der Waals surface area contributed by atoms with E-state index >= 15 is 0 Å². The molecule has 0 spiro atoms. The molecule has 172 valence electrons. The number of nitrogens with zero attached hydrogens (tertiary/aromatic N) is 3. The Kier molecular flexibility index (Phi) is 7.37. The number of carbonyl (C=O) groups excluding carboxylic acids is 1. The largest absolute Gasteiger partial charge is 0.493 e. The number of nitro groups is 1. The Morgan fingerprint density at radius 3 is 2.25 bits per heavy atom. The van der Waals surface area contributed by atoms with Crippen LogP contribution in [-0.4, -0.2) is 70.4 Å². The van der Waals surface area contributed by atoms with Crippen LogP contribution in [0.2, 0.25) is 0 Å². The molecular formula is C22H27N3O7. The third kappa shape index (κ3) is 4.70. The van der Waals surface area contributed by atoms with Gasteiger partial charge in [0.1, 0.15) is 5.56 Å². The van der Waals surface area contributed by atoms with Crippen molar-refractivity contribution in [3.8, 4) is 17.2 Å². The van der Waals surface area contributed by atoms with Crippen LogP contribution in [-0.2, 0) is 11.3 Å². The summed E-state index contributed by atoms with van der Waals surface area (Å²) in [5.74, 6) is -0.474. The van der Waals surface area contributed by atoms with Crippen LogP contribution in [0.15, 0.2) is 30.3 Å². The standard InChI is InChI=1S/C22H27N3O7/c1-23(14-15-5-7-16(8-6-15)24-9-11-32-12-10-24)22(26)17-13-18(29-2)20(30-3)21(31-4)19(17)25(27)28/h5-8,13H,9-12,14H2,1-4H3. The van der Waals surface area contributed by atoms with Crippen LogP contribution in [0.1, 0.15) is 15.9 Å². The van der Waals surface area contributed by atoms with Crippen molar-refractivity contribution >= 4 is 17.3 Å². The quantitative estimate of drug-likeness (QED) is 0.451. The highest BCUT2D eigenvalue weighted by atomic mass is 16.6. The molecule has 0 aliphatic carbocycles. The van der Waals surface area contributed by atoms with Gasteiger partial charge in [-0.05, 0) is 17.7 Å². The molecule has 1 aliphatic heterocycles. The van der Waals surface area contributed by atoms with Gasteiger partial charge in [-0.3, -0.25) is 14.9 Å². The van der Waals surface area contributed by atoms with Crippen molar-refractivity contribution in [2.75, 3.05) is 59.6 Å². The molecule has 0 unspecified atom stereocenters. The number of amides is 1. The number of morpholine rings is 1. The molecule has 0 N–H and O–H groups in total. The average Bonchev–Trinajstić information content (AvgIpc) is 2.82. The summed E-state index contributed by atoms with van der Waals surface area (Å²) in [4.78, 5) is 28.0. The minimum atomic E-state index is -0.654. The van der Waals surface area contributed by atoms with E-state index in [1.165, 1.54) is 32.3 Å². The number of carbonyl (C=O) groups is 1. The van der Waals surface area contributed by atoms with Gasteiger partial charge in [-0.1, -0.05) is 12.1 Å². The molecule has 32 heavy (non-hydrogen) atoms. The predicted octanol–water partition coefficient (Wildman–Crippen LogP) is 2.73. The highest BCUT2D eigenvalue weighted by molar-refractivity contribution is 6.00. The lowest BCUT2D eigenvalue weighted by atomic mass is 10.1. The smallest absolute Gasteiger partial charge is 0.327 e. The van der Waals surface area contributed by atoms with Crippen LogP contribution in [0.4, 0.5) is 11.4 Å². The molecule has 1 fully saturated rings. The van der Waals surface area contributed by atoms with Crippen molar-refractivity contribution in [1.82, 2.24) is 4.90 Å². The number of hydrogen-bond acceptors (Lipinski definition) is 8. The molecule has 0 saturated carbocycles. The fourth-order valence-corrected chi connectivity index (χ4v) is 3.67. The fourth-order valence-electron chi connectivity index (χ4n) is 3.67. The maximum Gasteiger partial charge on any atom is 0.327 e. The first-order chi connectivity index (χ1) is 15.4. The Morgan fingerprint density at radius 2 is 1.72 bits per heavy atom. The summed E-state index contributed by atoms with van der Waals surface area (Å²) in [6.07, 6.45) is 0. The summed E-state index contributed by atoms with van der Waals surface area (Å²) in [6, 6.07) is 9.19. The van der Waals surface area contributed by atoms with Crippen molar-refractivity contribution in [3.05, 3.63) is 51.6 Å². The molecule has 0 atom stereocenters. The Balaban J connectivity index is 1.85. The molecule has 0 bridgehead atoms. The van der Waals surface area contributed by atoms with E-state index < -0.39 is 16.5 Å². The molecular weight excluding hydrogens is 418 g/mol. The van der Waals surface area contributed by atoms with Crippen LogP contribution < -0.4 is 19.1 Å². The second-order valence-corrected chi connectivity index (χ2v) is 7.23. The Bertz CT molecular complexity index is 972. The van der Waals surface area contributed by atoms with E-state index in [0.717, 1.165) is 24.3 Å². The Hall–Kier alpha value is -3.53. The highest BCUT2D eigenvalue weighted by Gasteiger charge is 2.33. The van der Waals surface area contributed by atoms with E-state index in [1.807, 2.05) is 24.3 Å². The molecule has 1 amide bonds. The first-order valence-corrected chi connectivity index (χ1v) is 10.1. The second-order valence-electron chi connectivity index (χ2n) is 7.23. The summed E-state index contributed by atoms with van der Waals surface area (Å²) in [5, 5.41) is 11.8. The first kappa shape index (κ1) is 23.1. The SMILES string of the molecule is COc1cc(C(=O)N(C)Cc2ccc(N3CCOCC3)cc2)c([N+](=O)[O-])c(OC)c1OC. The first-order valence-electron chi connectivity index (χ1n) is 10.1. The number of methoxy groups -OCH3 is 3. The van der Waals surface area contributed by atoms with Crippen LogP contribution in [0.5, 0.6) is 17.2 Å². The fraction of sp³-hybridized carbons (Fsp3) is 0.409. The number of hydrogen-bond donors (Lipinski definition) is 0. The molecule has 2 aromatic rings. The van der Waals surface area contributed by atoms with Crippen LogP contribution >= 0.6 is 0 Å². The maximum atomic E-state index is 13.2. The summed E-state index contributed by atoms with van der Waals surface area (Å²) < 4.78 is 21.1. The van der Waals surface area contributed by atoms with Crippen molar-refractivity contribution in [2.24, 2.45) is 0 Å². The molecule has 1 heterocycles. The van der Waals surface area contributed by atoms with E-state index in [4.69, 9.17) is 18.9 Å². The van der Waals surface area contributed by atoms with Crippen LogP contribution in [0.25, 0.3) is 0 Å². The topological polar surface area (TPSA) is 104 Å². The predicted molar refractivity (Wildman–Crippen MR) is 118 cm³/mol. The average molecular weight is 445 g/mol. The summed E-state index contributed by atoms with van der Waals surface area (Å²) in [7, 11) is 5.60. The van der Waals surface area contributed by atoms with Gasteiger partial charge < -0.3 is 28.7 Å². The highest BCUT2D eigenvalue weighted by Crippen LogP contribution is 2.46. The number of ether oxygens (including phenoxy) is 4. The number of anilines is 1. The molecule has 0 aromatic heterocycles. The normalized spacial score (nSPS) is 13.4.